The van der Waals surface area contributed by atoms with Crippen molar-refractivity contribution in [3.8, 4) is 5.75 Å². The van der Waals surface area contributed by atoms with Crippen LogP contribution < -0.4 is 10.1 Å². The van der Waals surface area contributed by atoms with E-state index >= 15 is 0 Å². The number of carbonyl (C=O) groups excluding carboxylic acids is 1. The first-order valence-electron chi connectivity index (χ1n) is 10.3. The van der Waals surface area contributed by atoms with E-state index in [0.717, 1.165) is 0 Å². The van der Waals surface area contributed by atoms with Crippen LogP contribution in [0.4, 0.5) is 8.78 Å². The highest BCUT2D eigenvalue weighted by Crippen LogP contribution is 2.38. The fourth-order valence-electron chi connectivity index (χ4n) is 3.54. The number of hydrogen-bond acceptors (Lipinski definition) is 4. The lowest BCUT2D eigenvalue weighted by Crippen LogP contribution is -2.47. The molecule has 1 saturated carbocycles. The van der Waals surface area contributed by atoms with E-state index in [1.165, 1.54) is 6.07 Å². The van der Waals surface area contributed by atoms with Crippen LogP contribution >= 0.6 is 11.6 Å². The van der Waals surface area contributed by atoms with E-state index in [1.54, 1.807) is 12.3 Å². The van der Waals surface area contributed by atoms with Crippen LogP contribution in [0.15, 0.2) is 18.3 Å². The van der Waals surface area contributed by atoms with Crippen LogP contribution in [0.5, 0.6) is 5.75 Å². The molecule has 1 aromatic carbocycles. The minimum absolute atomic E-state index is 0.0764. The molecule has 1 aromatic heterocycles. The molecule has 0 unspecified atom stereocenters. The molecule has 0 saturated heterocycles. The molecule has 0 spiro atoms. The van der Waals surface area contributed by atoms with Crippen molar-refractivity contribution in [2.45, 2.75) is 63.6 Å². The lowest BCUT2D eigenvalue weighted by Gasteiger charge is -2.35. The van der Waals surface area contributed by atoms with Crippen LogP contribution in [0, 0.1) is 0 Å². The van der Waals surface area contributed by atoms with Gasteiger partial charge >= 0.3 is 0 Å². The fourth-order valence-corrected chi connectivity index (χ4v) is 3.84. The molecule has 31 heavy (non-hydrogen) atoms. The maximum Gasteiger partial charge on any atom is 0.253 e. The third-order valence-corrected chi connectivity index (χ3v) is 5.76. The van der Waals surface area contributed by atoms with Gasteiger partial charge in [-0.3, -0.25) is 4.79 Å². The number of alkyl halides is 2. The Morgan fingerprint density at radius 1 is 1.26 bits per heavy atom. The number of H-pyrrole nitrogens is 1. The van der Waals surface area contributed by atoms with Crippen LogP contribution in [0.25, 0.3) is 10.9 Å². The van der Waals surface area contributed by atoms with Gasteiger partial charge in [-0.05, 0) is 45.7 Å². The number of aliphatic hydroxyl groups is 1. The van der Waals surface area contributed by atoms with Gasteiger partial charge in [0, 0.05) is 31.0 Å². The van der Waals surface area contributed by atoms with Crippen LogP contribution in [-0.2, 0) is 4.74 Å². The van der Waals surface area contributed by atoms with Crippen molar-refractivity contribution in [2.24, 2.45) is 0 Å². The van der Waals surface area contributed by atoms with Gasteiger partial charge in [0.15, 0.2) is 0 Å². The molecule has 1 fully saturated rings. The summed E-state index contributed by atoms with van der Waals surface area (Å²) in [5.74, 6) is -2.82. The van der Waals surface area contributed by atoms with Crippen LogP contribution in [0.2, 0.25) is 5.02 Å². The minimum Gasteiger partial charge on any atom is -0.489 e. The number of hydrogen-bond donors (Lipinski definition) is 3. The molecule has 1 aliphatic carbocycles. The Hall–Kier alpha value is -1.90. The van der Waals surface area contributed by atoms with Gasteiger partial charge in [-0.15, -0.1) is 0 Å². The topological polar surface area (TPSA) is 83.6 Å². The van der Waals surface area contributed by atoms with Gasteiger partial charge in [-0.2, -0.15) is 0 Å². The molecule has 0 radical (unpaired) electrons. The summed E-state index contributed by atoms with van der Waals surface area (Å²) in [6, 6.07) is 3.27. The first kappa shape index (κ1) is 23.8. The molecule has 1 heterocycles. The first-order chi connectivity index (χ1) is 14.4. The normalized spacial score (nSPS) is 18.2. The zero-order chi connectivity index (χ0) is 22.9. The van der Waals surface area contributed by atoms with Gasteiger partial charge in [0.25, 0.3) is 5.91 Å². The Kier molecular flexibility index (Phi) is 6.84. The molecule has 3 rings (SSSR count). The standard InChI is InChI=1S/C22H29ClF2N2O4/c1-20(2,3)31-11-10-30-16-12-15(17(23)14-4-9-26-18(14)16)19(28)27-13-21(29)5-7-22(24,25)8-6-21/h4,9,12,26,29H,5-8,10-11,13H2,1-3H3,(H,27,28). The summed E-state index contributed by atoms with van der Waals surface area (Å²) >= 11 is 6.44. The van der Waals surface area contributed by atoms with Crippen molar-refractivity contribution in [1.29, 1.82) is 0 Å². The lowest BCUT2D eigenvalue weighted by atomic mass is 9.82. The highest BCUT2D eigenvalue weighted by Gasteiger charge is 2.42. The molecule has 2 aromatic rings. The van der Waals surface area contributed by atoms with Crippen molar-refractivity contribution in [2.75, 3.05) is 19.8 Å². The number of rotatable bonds is 7. The summed E-state index contributed by atoms with van der Waals surface area (Å²) in [7, 11) is 0. The zero-order valence-electron chi connectivity index (χ0n) is 18.0. The van der Waals surface area contributed by atoms with Crippen LogP contribution in [-0.4, -0.2) is 52.9 Å². The van der Waals surface area contributed by atoms with E-state index in [-0.39, 0.29) is 42.2 Å². The van der Waals surface area contributed by atoms with E-state index in [2.05, 4.69) is 10.3 Å². The predicted octanol–water partition coefficient (Wildman–Crippen LogP) is 4.69. The van der Waals surface area contributed by atoms with Gasteiger partial charge in [0.1, 0.15) is 12.4 Å². The van der Waals surface area contributed by atoms with E-state index in [0.29, 0.717) is 23.3 Å². The molecule has 1 aliphatic rings. The van der Waals surface area contributed by atoms with E-state index in [9.17, 15) is 18.7 Å². The maximum atomic E-state index is 13.4. The highest BCUT2D eigenvalue weighted by molar-refractivity contribution is 6.38. The number of aromatic nitrogens is 1. The molecule has 172 valence electrons. The lowest BCUT2D eigenvalue weighted by molar-refractivity contribution is -0.101. The highest BCUT2D eigenvalue weighted by atomic mass is 35.5. The predicted molar refractivity (Wildman–Crippen MR) is 115 cm³/mol. The Morgan fingerprint density at radius 2 is 1.94 bits per heavy atom. The summed E-state index contributed by atoms with van der Waals surface area (Å²) in [5.41, 5.74) is -0.804. The third kappa shape index (κ3) is 6.08. The van der Waals surface area contributed by atoms with Crippen molar-refractivity contribution < 1.29 is 28.2 Å². The number of carbonyl (C=O) groups is 1. The van der Waals surface area contributed by atoms with E-state index in [1.807, 2.05) is 20.8 Å². The van der Waals surface area contributed by atoms with E-state index < -0.39 is 30.3 Å². The monoisotopic (exact) mass is 458 g/mol. The van der Waals surface area contributed by atoms with E-state index in [4.69, 9.17) is 21.1 Å². The molecule has 9 heteroatoms. The maximum absolute atomic E-state index is 13.4. The van der Waals surface area contributed by atoms with Gasteiger partial charge < -0.3 is 24.9 Å². The summed E-state index contributed by atoms with van der Waals surface area (Å²) in [5, 5.41) is 14.1. The Morgan fingerprint density at radius 3 is 2.58 bits per heavy atom. The Labute approximate surface area is 185 Å². The van der Waals surface area contributed by atoms with Crippen molar-refractivity contribution in [3.63, 3.8) is 0 Å². The second-order valence-electron chi connectivity index (χ2n) is 9.07. The van der Waals surface area contributed by atoms with Gasteiger partial charge in [0.05, 0.1) is 33.9 Å². The molecule has 3 N–H and O–H groups in total. The molecule has 1 amide bonds. The number of amides is 1. The summed E-state index contributed by atoms with van der Waals surface area (Å²) < 4.78 is 38.2. The zero-order valence-corrected chi connectivity index (χ0v) is 18.7. The second-order valence-corrected chi connectivity index (χ2v) is 9.45. The number of benzene rings is 1. The number of ether oxygens (including phenoxy) is 2. The molecular formula is C22H29ClF2N2O4. The average Bonchev–Trinajstić information content (AvgIpc) is 3.18. The number of fused-ring (bicyclic) bond motifs is 1. The van der Waals surface area contributed by atoms with Gasteiger partial charge in [-0.1, -0.05) is 11.6 Å². The second kappa shape index (κ2) is 8.92. The van der Waals surface area contributed by atoms with Crippen LogP contribution in [0.3, 0.4) is 0 Å². The molecule has 0 atom stereocenters. The largest absolute Gasteiger partial charge is 0.489 e. The minimum atomic E-state index is -2.76. The molecular weight excluding hydrogens is 430 g/mol. The quantitative estimate of drug-likeness (QED) is 0.526. The molecule has 6 nitrogen and oxygen atoms in total. The fraction of sp³-hybridized carbons (Fsp3) is 0.591. The van der Waals surface area contributed by atoms with Crippen molar-refractivity contribution >= 4 is 28.4 Å². The third-order valence-electron chi connectivity index (χ3n) is 5.35. The number of aromatic amines is 1. The average molecular weight is 459 g/mol. The Bertz CT molecular complexity index is 929. The van der Waals surface area contributed by atoms with Gasteiger partial charge in [-0.25, -0.2) is 8.78 Å². The molecule has 0 aliphatic heterocycles. The SMILES string of the molecule is CC(C)(C)OCCOc1cc(C(=O)NCC2(O)CCC(F)(F)CC2)c(Cl)c2cc[nH]c12. The summed E-state index contributed by atoms with van der Waals surface area (Å²) in [6.07, 6.45) is 0.746. The van der Waals surface area contributed by atoms with Crippen molar-refractivity contribution in [3.05, 3.63) is 28.9 Å². The van der Waals surface area contributed by atoms with Crippen LogP contribution in [0.1, 0.15) is 56.8 Å². The van der Waals surface area contributed by atoms with Gasteiger partial charge in [0.2, 0.25) is 5.92 Å². The first-order valence-corrected chi connectivity index (χ1v) is 10.7. The summed E-state index contributed by atoms with van der Waals surface area (Å²) in [4.78, 5) is 15.9. The number of halogens is 3. The molecule has 0 bridgehead atoms. The summed E-state index contributed by atoms with van der Waals surface area (Å²) in [6.45, 7) is 6.36. The Balaban J connectivity index is 1.70. The number of nitrogens with one attached hydrogen (secondary N) is 2. The smallest absolute Gasteiger partial charge is 0.253 e. The van der Waals surface area contributed by atoms with Crippen molar-refractivity contribution in [1.82, 2.24) is 10.3 Å².